The molecule has 1 heterocycles. The molecule has 3 atom stereocenters. The summed E-state index contributed by atoms with van der Waals surface area (Å²) in [5.41, 5.74) is 0. The molecule has 17 heavy (non-hydrogen) atoms. The minimum Gasteiger partial charge on any atom is -0.338 e. The van der Waals surface area contributed by atoms with Crippen LogP contribution >= 0.6 is 0 Å². The maximum Gasteiger partial charge on any atom is 0.240 e. The molecule has 3 nitrogen and oxygen atoms in total. The molecule has 0 radical (unpaired) electrons. The first-order chi connectivity index (χ1) is 8.31. The number of rotatable bonds is 4. The van der Waals surface area contributed by atoms with Gasteiger partial charge < -0.3 is 10.2 Å². The number of nitrogens with one attached hydrogen (secondary N) is 1. The van der Waals surface area contributed by atoms with Crippen LogP contribution in [0.25, 0.3) is 0 Å². The van der Waals surface area contributed by atoms with Crippen molar-refractivity contribution in [3.05, 3.63) is 0 Å². The molecular formula is C14H24N2O. The predicted molar refractivity (Wildman–Crippen MR) is 67.6 cm³/mol. The highest BCUT2D eigenvalue weighted by atomic mass is 16.2. The molecule has 3 fully saturated rings. The number of hydrogen-bond acceptors (Lipinski definition) is 2. The Labute approximate surface area is 104 Å². The third-order valence-electron chi connectivity index (χ3n) is 4.75. The smallest absolute Gasteiger partial charge is 0.240 e. The van der Waals surface area contributed by atoms with Crippen molar-refractivity contribution in [3.8, 4) is 0 Å². The summed E-state index contributed by atoms with van der Waals surface area (Å²) in [4.78, 5) is 14.8. The number of hydrogen-bond donors (Lipinski definition) is 1. The summed E-state index contributed by atoms with van der Waals surface area (Å²) in [6, 6.07) is 0.722. The Hall–Kier alpha value is -0.570. The molecule has 0 spiro atoms. The average Bonchev–Trinajstić information content (AvgIpc) is 2.90. The highest BCUT2D eigenvalue weighted by Crippen LogP contribution is 2.39. The fraction of sp³-hybridized carbons (Fsp3) is 0.929. The van der Waals surface area contributed by atoms with Crippen LogP contribution in [0.3, 0.4) is 0 Å². The molecular weight excluding hydrogens is 212 g/mol. The molecule has 3 unspecified atom stereocenters. The zero-order chi connectivity index (χ0) is 11.8. The Morgan fingerprint density at radius 2 is 2.12 bits per heavy atom. The Bertz CT molecular complexity index is 301. The summed E-state index contributed by atoms with van der Waals surface area (Å²) >= 11 is 0. The Balaban J connectivity index is 1.67. The van der Waals surface area contributed by atoms with Gasteiger partial charge in [-0.15, -0.1) is 0 Å². The van der Waals surface area contributed by atoms with Crippen molar-refractivity contribution in [2.45, 2.75) is 57.5 Å². The van der Waals surface area contributed by atoms with E-state index in [0.29, 0.717) is 17.9 Å². The van der Waals surface area contributed by atoms with Crippen molar-refractivity contribution in [1.82, 2.24) is 10.2 Å². The number of amides is 1. The van der Waals surface area contributed by atoms with Gasteiger partial charge in [0.25, 0.3) is 0 Å². The quantitative estimate of drug-likeness (QED) is 0.807. The minimum atomic E-state index is 0.148. The lowest BCUT2D eigenvalue weighted by Gasteiger charge is -2.27. The van der Waals surface area contributed by atoms with E-state index >= 15 is 0 Å². The van der Waals surface area contributed by atoms with Crippen LogP contribution in [0.15, 0.2) is 0 Å². The number of fused-ring (bicyclic) bond motifs is 1. The molecule has 1 saturated heterocycles. The van der Waals surface area contributed by atoms with Crippen LogP contribution in [0.4, 0.5) is 0 Å². The van der Waals surface area contributed by atoms with Crippen molar-refractivity contribution in [1.29, 1.82) is 0 Å². The summed E-state index contributed by atoms with van der Waals surface area (Å²) in [5.74, 6) is 1.83. The van der Waals surface area contributed by atoms with Crippen molar-refractivity contribution >= 4 is 5.91 Å². The molecule has 1 amide bonds. The molecule has 2 saturated carbocycles. The Morgan fingerprint density at radius 1 is 1.29 bits per heavy atom. The summed E-state index contributed by atoms with van der Waals surface area (Å²) in [6.07, 6.45) is 7.47. The van der Waals surface area contributed by atoms with Gasteiger partial charge in [0.1, 0.15) is 0 Å². The SMILES string of the molecule is CCCN(C(=O)C1NCC2CCCC21)C1CC1. The van der Waals surface area contributed by atoms with E-state index in [4.69, 9.17) is 0 Å². The average molecular weight is 236 g/mol. The van der Waals surface area contributed by atoms with Gasteiger partial charge in [0, 0.05) is 12.6 Å². The molecule has 3 heteroatoms. The number of carbonyl (C=O) groups excluding carboxylic acids is 1. The van der Waals surface area contributed by atoms with Gasteiger partial charge >= 0.3 is 0 Å². The summed E-state index contributed by atoms with van der Waals surface area (Å²) < 4.78 is 0. The van der Waals surface area contributed by atoms with Crippen molar-refractivity contribution in [2.75, 3.05) is 13.1 Å². The van der Waals surface area contributed by atoms with Crippen LogP contribution in [0.5, 0.6) is 0 Å². The highest BCUT2D eigenvalue weighted by Gasteiger charge is 2.45. The highest BCUT2D eigenvalue weighted by molar-refractivity contribution is 5.83. The van der Waals surface area contributed by atoms with Gasteiger partial charge in [-0.05, 0) is 50.5 Å². The van der Waals surface area contributed by atoms with Gasteiger partial charge in [-0.3, -0.25) is 4.79 Å². The third-order valence-corrected chi connectivity index (χ3v) is 4.75. The number of nitrogens with zero attached hydrogens (tertiary/aromatic N) is 1. The molecule has 0 aromatic rings. The topological polar surface area (TPSA) is 32.3 Å². The predicted octanol–water partition coefficient (Wildman–Crippen LogP) is 1.78. The number of carbonyl (C=O) groups is 1. The first-order valence-electron chi connectivity index (χ1n) is 7.35. The van der Waals surface area contributed by atoms with Gasteiger partial charge in [0.05, 0.1) is 6.04 Å². The fourth-order valence-electron chi connectivity index (χ4n) is 3.74. The van der Waals surface area contributed by atoms with E-state index in [1.165, 1.54) is 32.1 Å². The van der Waals surface area contributed by atoms with E-state index in [-0.39, 0.29) is 6.04 Å². The lowest BCUT2D eigenvalue weighted by atomic mass is 9.93. The van der Waals surface area contributed by atoms with Gasteiger partial charge in [-0.1, -0.05) is 13.3 Å². The third kappa shape index (κ3) is 2.10. The molecule has 0 aromatic heterocycles. The normalized spacial score (nSPS) is 35.9. The van der Waals surface area contributed by atoms with E-state index in [9.17, 15) is 4.79 Å². The van der Waals surface area contributed by atoms with Crippen LogP contribution in [0.1, 0.15) is 45.4 Å². The monoisotopic (exact) mass is 236 g/mol. The van der Waals surface area contributed by atoms with Crippen molar-refractivity contribution in [3.63, 3.8) is 0 Å². The summed E-state index contributed by atoms with van der Waals surface area (Å²) in [6.45, 7) is 4.20. The van der Waals surface area contributed by atoms with Gasteiger partial charge in [-0.25, -0.2) is 0 Å². The molecule has 3 rings (SSSR count). The van der Waals surface area contributed by atoms with Crippen molar-refractivity contribution in [2.24, 2.45) is 11.8 Å². The van der Waals surface area contributed by atoms with Gasteiger partial charge in [-0.2, -0.15) is 0 Å². The van der Waals surface area contributed by atoms with Crippen LogP contribution < -0.4 is 5.32 Å². The molecule has 0 bridgehead atoms. The van der Waals surface area contributed by atoms with E-state index in [2.05, 4.69) is 17.1 Å². The van der Waals surface area contributed by atoms with Crippen LogP contribution in [0.2, 0.25) is 0 Å². The maximum absolute atomic E-state index is 12.6. The molecule has 1 aliphatic heterocycles. The van der Waals surface area contributed by atoms with Crippen LogP contribution in [-0.2, 0) is 4.79 Å². The molecule has 2 aliphatic carbocycles. The Morgan fingerprint density at radius 3 is 2.82 bits per heavy atom. The van der Waals surface area contributed by atoms with E-state index in [1.54, 1.807) is 0 Å². The Kier molecular flexibility index (Phi) is 3.12. The largest absolute Gasteiger partial charge is 0.338 e. The second-order valence-corrected chi connectivity index (χ2v) is 6.00. The van der Waals surface area contributed by atoms with Crippen molar-refractivity contribution < 1.29 is 4.79 Å². The first-order valence-corrected chi connectivity index (χ1v) is 7.35. The van der Waals surface area contributed by atoms with Crippen LogP contribution in [0, 0.1) is 11.8 Å². The van der Waals surface area contributed by atoms with Gasteiger partial charge in [0.15, 0.2) is 0 Å². The standard InChI is InChI=1S/C14H24N2O/c1-2-8-16(11-6-7-11)14(17)13-12-5-3-4-10(12)9-15-13/h10-13,15H,2-9H2,1H3. The summed E-state index contributed by atoms with van der Waals surface area (Å²) in [5, 5.41) is 3.49. The molecule has 3 aliphatic rings. The van der Waals surface area contributed by atoms with E-state index < -0.39 is 0 Å². The zero-order valence-corrected chi connectivity index (χ0v) is 10.8. The molecule has 96 valence electrons. The lowest BCUT2D eigenvalue weighted by molar-refractivity contribution is -0.134. The minimum absolute atomic E-state index is 0.148. The summed E-state index contributed by atoms with van der Waals surface area (Å²) in [7, 11) is 0. The fourth-order valence-corrected chi connectivity index (χ4v) is 3.74. The molecule has 0 aromatic carbocycles. The zero-order valence-electron chi connectivity index (χ0n) is 10.8. The molecule has 1 N–H and O–H groups in total. The van der Waals surface area contributed by atoms with E-state index in [1.807, 2.05) is 0 Å². The first kappa shape index (κ1) is 11.5. The lowest BCUT2D eigenvalue weighted by Crippen LogP contribution is -2.47. The second kappa shape index (κ2) is 4.60. The second-order valence-electron chi connectivity index (χ2n) is 6.00. The van der Waals surface area contributed by atoms with E-state index in [0.717, 1.165) is 25.4 Å². The van der Waals surface area contributed by atoms with Crippen LogP contribution in [-0.4, -0.2) is 36.0 Å². The van der Waals surface area contributed by atoms with Gasteiger partial charge in [0.2, 0.25) is 5.91 Å². The maximum atomic E-state index is 12.6.